The molecule has 1 aromatic heterocycles. The van der Waals surface area contributed by atoms with E-state index in [9.17, 15) is 4.79 Å². The zero-order valence-corrected chi connectivity index (χ0v) is 16.2. The van der Waals surface area contributed by atoms with E-state index in [2.05, 4.69) is 58.5 Å². The van der Waals surface area contributed by atoms with Crippen molar-refractivity contribution in [2.75, 3.05) is 31.3 Å². The fourth-order valence-corrected chi connectivity index (χ4v) is 3.23. The highest BCUT2D eigenvalue weighted by Gasteiger charge is 2.10. The van der Waals surface area contributed by atoms with Crippen LogP contribution in [0.2, 0.25) is 0 Å². The van der Waals surface area contributed by atoms with E-state index in [0.29, 0.717) is 18.3 Å². The highest BCUT2D eigenvalue weighted by molar-refractivity contribution is 7.99. The van der Waals surface area contributed by atoms with Gasteiger partial charge in [0.1, 0.15) is 6.33 Å². The van der Waals surface area contributed by atoms with Crippen molar-refractivity contribution in [2.45, 2.75) is 37.9 Å². The number of anilines is 1. The summed E-state index contributed by atoms with van der Waals surface area (Å²) in [6.45, 7) is 4.82. The van der Waals surface area contributed by atoms with Gasteiger partial charge in [0, 0.05) is 32.4 Å². The lowest BCUT2D eigenvalue weighted by Gasteiger charge is -2.12. The Bertz CT molecular complexity index is 666. The van der Waals surface area contributed by atoms with Crippen molar-refractivity contribution in [3.8, 4) is 0 Å². The summed E-state index contributed by atoms with van der Waals surface area (Å²) < 4.78 is 1.97. The molecule has 0 saturated heterocycles. The van der Waals surface area contributed by atoms with Gasteiger partial charge >= 0.3 is 0 Å². The molecule has 0 spiro atoms. The third-order valence-electron chi connectivity index (χ3n) is 3.85. The van der Waals surface area contributed by atoms with Crippen LogP contribution in [0.15, 0.2) is 35.7 Å². The fourth-order valence-electron chi connectivity index (χ4n) is 2.35. The number of nitrogens with one attached hydrogen (secondary N) is 1. The predicted octanol–water partition coefficient (Wildman–Crippen LogP) is 2.77. The van der Waals surface area contributed by atoms with Crippen molar-refractivity contribution in [2.24, 2.45) is 0 Å². The van der Waals surface area contributed by atoms with Crippen LogP contribution in [0.1, 0.15) is 31.9 Å². The number of benzene rings is 1. The van der Waals surface area contributed by atoms with E-state index >= 15 is 0 Å². The highest BCUT2D eigenvalue weighted by Crippen LogP contribution is 2.18. The first-order valence-corrected chi connectivity index (χ1v) is 9.51. The fraction of sp³-hybridized carbons (Fsp3) is 0.500. The molecule has 0 aliphatic rings. The molecule has 6 nitrogen and oxygen atoms in total. The zero-order chi connectivity index (χ0) is 18.2. The van der Waals surface area contributed by atoms with Crippen molar-refractivity contribution < 1.29 is 4.79 Å². The van der Waals surface area contributed by atoms with Crippen LogP contribution in [0, 0.1) is 0 Å². The molecule has 1 aromatic carbocycles. The number of carbonyl (C=O) groups is 1. The van der Waals surface area contributed by atoms with Gasteiger partial charge in [0.05, 0.1) is 5.75 Å². The highest BCUT2D eigenvalue weighted by atomic mass is 32.2. The number of thioether (sulfide) groups is 1. The Morgan fingerprint density at radius 1 is 1.28 bits per heavy atom. The van der Waals surface area contributed by atoms with Gasteiger partial charge < -0.3 is 14.8 Å². The number of amides is 1. The van der Waals surface area contributed by atoms with Gasteiger partial charge in [-0.2, -0.15) is 0 Å². The van der Waals surface area contributed by atoms with E-state index in [1.54, 1.807) is 6.33 Å². The molecule has 1 heterocycles. The summed E-state index contributed by atoms with van der Waals surface area (Å²) >= 11 is 1.42. The maximum Gasteiger partial charge on any atom is 0.230 e. The monoisotopic (exact) mass is 361 g/mol. The summed E-state index contributed by atoms with van der Waals surface area (Å²) in [5, 5.41) is 11.7. The van der Waals surface area contributed by atoms with Crippen molar-refractivity contribution in [1.82, 2.24) is 20.1 Å². The van der Waals surface area contributed by atoms with E-state index in [1.165, 1.54) is 23.0 Å². The van der Waals surface area contributed by atoms with Gasteiger partial charge in [-0.3, -0.25) is 4.79 Å². The molecular weight excluding hydrogens is 334 g/mol. The molecule has 0 bridgehead atoms. The molecular formula is C18H27N5OS. The maximum absolute atomic E-state index is 12.0. The minimum absolute atomic E-state index is 0.0336. The molecule has 1 N–H and O–H groups in total. The number of aryl methyl sites for hydroxylation is 1. The van der Waals surface area contributed by atoms with E-state index < -0.39 is 0 Å². The summed E-state index contributed by atoms with van der Waals surface area (Å²) in [6.07, 6.45) is 3.59. The van der Waals surface area contributed by atoms with Gasteiger partial charge in [-0.1, -0.05) is 23.9 Å². The molecule has 0 fully saturated rings. The summed E-state index contributed by atoms with van der Waals surface area (Å²) in [6, 6.07) is 8.82. The van der Waals surface area contributed by atoms with E-state index in [0.717, 1.165) is 18.0 Å². The summed E-state index contributed by atoms with van der Waals surface area (Å²) in [4.78, 5) is 14.0. The van der Waals surface area contributed by atoms with Crippen molar-refractivity contribution in [3.63, 3.8) is 0 Å². The lowest BCUT2D eigenvalue weighted by Crippen LogP contribution is -2.26. The number of hydrogen-bond acceptors (Lipinski definition) is 5. The maximum atomic E-state index is 12.0. The first-order valence-electron chi connectivity index (χ1n) is 8.52. The van der Waals surface area contributed by atoms with Crippen LogP contribution in [-0.2, 0) is 11.2 Å². The molecule has 0 radical (unpaired) electrons. The third kappa shape index (κ3) is 6.08. The van der Waals surface area contributed by atoms with E-state index in [1.807, 2.05) is 18.7 Å². The molecule has 0 unspecified atom stereocenters. The largest absolute Gasteiger partial charge is 0.378 e. The van der Waals surface area contributed by atoms with Crippen molar-refractivity contribution in [3.05, 3.63) is 36.2 Å². The van der Waals surface area contributed by atoms with E-state index in [-0.39, 0.29) is 5.91 Å². The number of nitrogens with zero attached hydrogens (tertiary/aromatic N) is 4. The van der Waals surface area contributed by atoms with Crippen LogP contribution in [-0.4, -0.2) is 47.1 Å². The molecule has 0 aliphatic heterocycles. The van der Waals surface area contributed by atoms with Gasteiger partial charge in [0.25, 0.3) is 0 Å². The molecule has 0 aliphatic carbocycles. The summed E-state index contributed by atoms with van der Waals surface area (Å²) in [5.41, 5.74) is 2.49. The summed E-state index contributed by atoms with van der Waals surface area (Å²) in [7, 11) is 4.07. The average molecular weight is 362 g/mol. The summed E-state index contributed by atoms with van der Waals surface area (Å²) in [5.74, 6) is 0.398. The van der Waals surface area contributed by atoms with Gasteiger partial charge in [0.2, 0.25) is 5.91 Å². The number of rotatable bonds is 9. The molecule has 7 heteroatoms. The standard InChI is InChI=1S/C18H27N5OS/c1-14(2)23-13-20-21-18(23)25-12-17(24)19-11-5-6-15-7-9-16(10-8-15)22(3)4/h7-10,13-14H,5-6,11-12H2,1-4H3,(H,19,24). The molecule has 1 amide bonds. The Kier molecular flexibility index (Phi) is 7.31. The van der Waals surface area contributed by atoms with Crippen LogP contribution in [0.3, 0.4) is 0 Å². The SMILES string of the molecule is CC(C)n1cnnc1SCC(=O)NCCCc1ccc(N(C)C)cc1. The van der Waals surface area contributed by atoms with Crippen LogP contribution >= 0.6 is 11.8 Å². The van der Waals surface area contributed by atoms with Crippen LogP contribution < -0.4 is 10.2 Å². The van der Waals surface area contributed by atoms with Gasteiger partial charge in [0.15, 0.2) is 5.16 Å². The minimum atomic E-state index is 0.0336. The van der Waals surface area contributed by atoms with Gasteiger partial charge in [-0.05, 0) is 44.4 Å². The molecule has 136 valence electrons. The average Bonchev–Trinajstić information content (AvgIpc) is 3.06. The van der Waals surface area contributed by atoms with Gasteiger partial charge in [-0.25, -0.2) is 0 Å². The molecule has 2 aromatic rings. The Labute approximate surface area is 154 Å². The van der Waals surface area contributed by atoms with E-state index in [4.69, 9.17) is 0 Å². The normalized spacial score (nSPS) is 10.9. The lowest BCUT2D eigenvalue weighted by molar-refractivity contribution is -0.118. The molecule has 0 atom stereocenters. The zero-order valence-electron chi connectivity index (χ0n) is 15.4. The number of aromatic nitrogens is 3. The Balaban J connectivity index is 1.66. The predicted molar refractivity (Wildman–Crippen MR) is 103 cm³/mol. The van der Waals surface area contributed by atoms with Crippen LogP contribution in [0.4, 0.5) is 5.69 Å². The molecule has 2 rings (SSSR count). The van der Waals surface area contributed by atoms with Gasteiger partial charge in [-0.15, -0.1) is 10.2 Å². The minimum Gasteiger partial charge on any atom is -0.378 e. The van der Waals surface area contributed by atoms with Crippen LogP contribution in [0.25, 0.3) is 0 Å². The van der Waals surface area contributed by atoms with Crippen molar-refractivity contribution >= 4 is 23.4 Å². The van der Waals surface area contributed by atoms with Crippen molar-refractivity contribution in [1.29, 1.82) is 0 Å². The van der Waals surface area contributed by atoms with Crippen LogP contribution in [0.5, 0.6) is 0 Å². The second-order valence-electron chi connectivity index (χ2n) is 6.42. The molecule has 25 heavy (non-hydrogen) atoms. The quantitative estimate of drug-likeness (QED) is 0.550. The second kappa shape index (κ2) is 9.46. The third-order valence-corrected chi connectivity index (χ3v) is 4.80. The lowest BCUT2D eigenvalue weighted by atomic mass is 10.1. The Morgan fingerprint density at radius 3 is 2.64 bits per heavy atom. The molecule has 0 saturated carbocycles. The first-order chi connectivity index (χ1) is 12.0. The Hall–Kier alpha value is -2.02. The Morgan fingerprint density at radius 2 is 2.00 bits per heavy atom. The topological polar surface area (TPSA) is 63.1 Å². The number of hydrogen-bond donors (Lipinski definition) is 1. The second-order valence-corrected chi connectivity index (χ2v) is 7.36. The first kappa shape index (κ1) is 19.3. The smallest absolute Gasteiger partial charge is 0.230 e. The number of carbonyl (C=O) groups excluding carboxylic acids is 1.